The molecule has 25 heavy (non-hydrogen) atoms. The van der Waals surface area contributed by atoms with Crippen molar-refractivity contribution < 1.29 is 34.8 Å². The van der Waals surface area contributed by atoms with Crippen molar-refractivity contribution in [2.75, 3.05) is 0 Å². The van der Waals surface area contributed by atoms with E-state index in [0.717, 1.165) is 11.6 Å². The van der Waals surface area contributed by atoms with Crippen LogP contribution in [0.15, 0.2) is 52.5 Å². The van der Waals surface area contributed by atoms with Crippen LogP contribution in [-0.2, 0) is 11.0 Å². The Balaban J connectivity index is 2.12. The van der Waals surface area contributed by atoms with Gasteiger partial charge in [0, 0.05) is 18.4 Å². The molecule has 1 aliphatic rings. The molecule has 0 unspecified atom stereocenters. The zero-order valence-corrected chi connectivity index (χ0v) is 14.2. The van der Waals surface area contributed by atoms with Crippen LogP contribution in [-0.4, -0.2) is 41.7 Å². The summed E-state index contributed by atoms with van der Waals surface area (Å²) in [6.45, 7) is 0. The summed E-state index contributed by atoms with van der Waals surface area (Å²) in [5, 5.41) is 39.5. The molecule has 0 spiro atoms. The second kappa shape index (κ2) is 7.51. The Morgan fingerprint density at radius 3 is 2.36 bits per heavy atom. The van der Waals surface area contributed by atoms with Gasteiger partial charge in [0.2, 0.25) is 0 Å². The first-order chi connectivity index (χ1) is 11.6. The molecule has 0 heterocycles. The van der Waals surface area contributed by atoms with E-state index in [0.29, 0.717) is 12.8 Å². The van der Waals surface area contributed by atoms with Crippen molar-refractivity contribution in [1.29, 1.82) is 0 Å². The average molecular weight is 369 g/mol. The number of aliphatic hydroxyl groups excluding tert-OH is 1. The smallest absolute Gasteiger partial charge is 0.448 e. The summed E-state index contributed by atoms with van der Waals surface area (Å²) in [7, 11) is -4.75. The molecule has 8 nitrogen and oxygen atoms in total. The number of aliphatic hydroxyl groups is 3. The lowest BCUT2D eigenvalue weighted by molar-refractivity contribution is -0.129. The molecule has 136 valence electrons. The highest BCUT2D eigenvalue weighted by molar-refractivity contribution is 7.50. The van der Waals surface area contributed by atoms with Crippen molar-refractivity contribution in [3.05, 3.63) is 53.3 Å². The van der Waals surface area contributed by atoms with Crippen LogP contribution < -0.4 is 0 Å². The van der Waals surface area contributed by atoms with E-state index in [9.17, 15) is 25.0 Å². The van der Waals surface area contributed by atoms with E-state index in [1.165, 1.54) is 18.2 Å². The standard InChI is InChI=1S/C16H20NO7P/c18-12-5-3-11(4-6-12)2-1-9-16(20,21)14-10-13(19)7-8-15(14)17-25(22,23)24/h3-7,10,18-21H,1-2,8-9H2,(H2,22,23,24). The minimum Gasteiger partial charge on any atom is -0.508 e. The first kappa shape index (κ1) is 19.4. The molecule has 0 aromatic heterocycles. The molecular weight excluding hydrogens is 349 g/mol. The highest BCUT2D eigenvalue weighted by atomic mass is 31.2. The van der Waals surface area contributed by atoms with E-state index in [1.54, 1.807) is 12.1 Å². The van der Waals surface area contributed by atoms with Gasteiger partial charge in [-0.15, -0.1) is 0 Å². The first-order valence-corrected chi connectivity index (χ1v) is 9.12. The number of nitrogens with zero attached hydrogens (tertiary/aromatic N) is 1. The second-order valence-corrected chi connectivity index (χ2v) is 7.01. The van der Waals surface area contributed by atoms with Gasteiger partial charge in [-0.2, -0.15) is 4.76 Å². The van der Waals surface area contributed by atoms with Crippen LogP contribution in [0.2, 0.25) is 0 Å². The average Bonchev–Trinajstić information content (AvgIpc) is 2.49. The molecule has 6 N–H and O–H groups in total. The fourth-order valence-corrected chi connectivity index (χ4v) is 3.04. The van der Waals surface area contributed by atoms with Gasteiger partial charge in [-0.25, -0.2) is 4.57 Å². The van der Waals surface area contributed by atoms with Crippen LogP contribution in [0.4, 0.5) is 0 Å². The summed E-state index contributed by atoms with van der Waals surface area (Å²) < 4.78 is 14.3. The van der Waals surface area contributed by atoms with Gasteiger partial charge < -0.3 is 30.2 Å². The van der Waals surface area contributed by atoms with E-state index < -0.39 is 13.5 Å². The zero-order chi connectivity index (χ0) is 18.7. The van der Waals surface area contributed by atoms with Crippen molar-refractivity contribution in [1.82, 2.24) is 0 Å². The third-order valence-electron chi connectivity index (χ3n) is 3.72. The van der Waals surface area contributed by atoms with Gasteiger partial charge in [0.05, 0.1) is 5.71 Å². The molecule has 9 heteroatoms. The Kier molecular flexibility index (Phi) is 5.82. The van der Waals surface area contributed by atoms with Gasteiger partial charge in [0.1, 0.15) is 11.5 Å². The summed E-state index contributed by atoms with van der Waals surface area (Å²) in [5.74, 6) is -2.49. The maximum Gasteiger partial charge on any atom is 0.448 e. The fraction of sp³-hybridized carbons (Fsp3) is 0.312. The molecule has 0 amide bonds. The largest absolute Gasteiger partial charge is 0.508 e. The normalized spacial score (nSPS) is 17.4. The van der Waals surface area contributed by atoms with Crippen LogP contribution in [0.3, 0.4) is 0 Å². The van der Waals surface area contributed by atoms with Crippen LogP contribution >= 0.6 is 7.75 Å². The van der Waals surface area contributed by atoms with Crippen molar-refractivity contribution in [2.45, 2.75) is 31.5 Å². The molecule has 0 saturated heterocycles. The number of allylic oxidation sites excluding steroid dienone is 2. The Labute approximate surface area is 144 Å². The maximum absolute atomic E-state index is 11.1. The molecule has 0 fully saturated rings. The highest BCUT2D eigenvalue weighted by Gasteiger charge is 2.34. The zero-order valence-electron chi connectivity index (χ0n) is 13.3. The van der Waals surface area contributed by atoms with Gasteiger partial charge in [0.15, 0.2) is 5.79 Å². The number of phenolic OH excluding ortho intramolecular Hbond substituents is 1. The van der Waals surface area contributed by atoms with E-state index in [1.807, 2.05) is 0 Å². The maximum atomic E-state index is 11.1. The Morgan fingerprint density at radius 1 is 1.12 bits per heavy atom. The Bertz CT molecular complexity index is 759. The summed E-state index contributed by atoms with van der Waals surface area (Å²) in [5.41, 5.74) is 0.473. The second-order valence-electron chi connectivity index (χ2n) is 5.79. The summed E-state index contributed by atoms with van der Waals surface area (Å²) in [4.78, 5) is 18.0. The minimum atomic E-state index is -4.75. The van der Waals surface area contributed by atoms with E-state index in [2.05, 4.69) is 4.76 Å². The Hall–Kier alpha value is -1.96. The monoisotopic (exact) mass is 369 g/mol. The third-order valence-corrected chi connectivity index (χ3v) is 4.22. The van der Waals surface area contributed by atoms with Gasteiger partial charge in [-0.05, 0) is 42.7 Å². The predicted molar refractivity (Wildman–Crippen MR) is 91.1 cm³/mol. The molecule has 1 aromatic rings. The van der Waals surface area contributed by atoms with Gasteiger partial charge >= 0.3 is 7.75 Å². The lowest BCUT2D eigenvalue weighted by Crippen LogP contribution is -2.35. The summed E-state index contributed by atoms with van der Waals surface area (Å²) in [6.07, 6.45) is 2.91. The summed E-state index contributed by atoms with van der Waals surface area (Å²) >= 11 is 0. The molecule has 0 aliphatic heterocycles. The fourth-order valence-electron chi connectivity index (χ4n) is 2.54. The molecule has 0 atom stereocenters. The molecule has 0 radical (unpaired) electrons. The molecule has 0 bridgehead atoms. The van der Waals surface area contributed by atoms with E-state index in [-0.39, 0.29) is 35.6 Å². The number of aromatic hydroxyl groups is 1. The van der Waals surface area contributed by atoms with E-state index in [4.69, 9.17) is 9.79 Å². The third kappa shape index (κ3) is 5.81. The van der Waals surface area contributed by atoms with Crippen LogP contribution in [0.1, 0.15) is 24.8 Å². The lowest BCUT2D eigenvalue weighted by Gasteiger charge is -2.27. The van der Waals surface area contributed by atoms with Crippen molar-refractivity contribution in [3.63, 3.8) is 0 Å². The number of phenols is 1. The first-order valence-electron chi connectivity index (χ1n) is 7.56. The highest BCUT2D eigenvalue weighted by Crippen LogP contribution is 2.39. The van der Waals surface area contributed by atoms with Crippen molar-refractivity contribution in [2.24, 2.45) is 4.76 Å². The molecule has 1 aromatic carbocycles. The number of benzene rings is 1. The van der Waals surface area contributed by atoms with Crippen LogP contribution in [0, 0.1) is 0 Å². The quantitative estimate of drug-likeness (QED) is 0.330. The number of hydrogen-bond donors (Lipinski definition) is 6. The minimum absolute atomic E-state index is 0.121. The van der Waals surface area contributed by atoms with Crippen molar-refractivity contribution >= 4 is 13.5 Å². The number of hydrogen-bond acceptors (Lipinski definition) is 5. The number of aryl methyl sites for hydroxylation is 1. The van der Waals surface area contributed by atoms with Crippen LogP contribution in [0.5, 0.6) is 5.75 Å². The number of rotatable bonds is 6. The predicted octanol–water partition coefficient (Wildman–Crippen LogP) is 1.70. The Morgan fingerprint density at radius 2 is 1.76 bits per heavy atom. The van der Waals surface area contributed by atoms with Crippen molar-refractivity contribution in [3.8, 4) is 5.75 Å². The molecular formula is C16H20NO7P. The van der Waals surface area contributed by atoms with E-state index >= 15 is 0 Å². The van der Waals surface area contributed by atoms with Gasteiger partial charge in [-0.1, -0.05) is 12.1 Å². The van der Waals surface area contributed by atoms with Gasteiger partial charge in [-0.3, -0.25) is 0 Å². The molecule has 0 saturated carbocycles. The summed E-state index contributed by atoms with van der Waals surface area (Å²) in [6, 6.07) is 6.47. The van der Waals surface area contributed by atoms with Crippen LogP contribution in [0.25, 0.3) is 0 Å². The van der Waals surface area contributed by atoms with Gasteiger partial charge in [0.25, 0.3) is 0 Å². The molecule has 2 rings (SSSR count). The lowest BCUT2D eigenvalue weighted by atomic mass is 9.90. The molecule has 1 aliphatic carbocycles. The topological polar surface area (TPSA) is 151 Å². The SMILES string of the molecule is O=P(O)(O)N=C1CC=C(O)C=C1C(O)(O)CCCc1ccc(O)cc1.